The van der Waals surface area contributed by atoms with Gasteiger partial charge in [-0.25, -0.2) is 4.99 Å². The normalized spacial score (nSPS) is 25.6. The fourth-order valence-electron chi connectivity index (χ4n) is 4.86. The van der Waals surface area contributed by atoms with Crippen molar-refractivity contribution >= 4 is 11.9 Å². The molecule has 2 fully saturated rings. The van der Waals surface area contributed by atoms with Crippen LogP contribution in [0.2, 0.25) is 0 Å². The molecule has 1 N–H and O–H groups in total. The van der Waals surface area contributed by atoms with Gasteiger partial charge in [-0.05, 0) is 30.5 Å². The smallest absolute Gasteiger partial charge is 0.246 e. The van der Waals surface area contributed by atoms with Gasteiger partial charge in [0.2, 0.25) is 18.7 Å². The summed E-state index contributed by atoms with van der Waals surface area (Å²) in [7, 11) is 0. The second-order valence-electron chi connectivity index (χ2n) is 8.25. The van der Waals surface area contributed by atoms with E-state index < -0.39 is 11.5 Å². The van der Waals surface area contributed by atoms with Crippen molar-refractivity contribution in [1.82, 2.24) is 15.1 Å². The van der Waals surface area contributed by atoms with E-state index >= 15 is 0 Å². The Morgan fingerprint density at radius 2 is 1.93 bits per heavy atom. The molecule has 3 aliphatic heterocycles. The van der Waals surface area contributed by atoms with Crippen LogP contribution in [-0.2, 0) is 11.3 Å². The molecule has 0 unspecified atom stereocenters. The Kier molecular flexibility index (Phi) is 4.55. The highest BCUT2D eigenvalue weighted by Gasteiger charge is 2.49. The van der Waals surface area contributed by atoms with Crippen molar-refractivity contribution in [2.45, 2.75) is 37.8 Å². The van der Waals surface area contributed by atoms with Gasteiger partial charge in [-0.15, -0.1) is 0 Å². The molecule has 1 saturated carbocycles. The fourth-order valence-corrected chi connectivity index (χ4v) is 4.86. The number of rotatable bonds is 2. The second-order valence-corrected chi connectivity index (χ2v) is 8.25. The Bertz CT molecular complexity index is 879. The van der Waals surface area contributed by atoms with Crippen LogP contribution in [0.3, 0.4) is 0 Å². The molecular formula is C21H25N5O3. The van der Waals surface area contributed by atoms with Gasteiger partial charge in [0.15, 0.2) is 17.4 Å². The van der Waals surface area contributed by atoms with Crippen LogP contribution in [0.1, 0.15) is 31.2 Å². The molecule has 8 heteroatoms. The Morgan fingerprint density at radius 1 is 1.17 bits per heavy atom. The summed E-state index contributed by atoms with van der Waals surface area (Å²) in [4.78, 5) is 22.0. The van der Waals surface area contributed by atoms with Gasteiger partial charge >= 0.3 is 0 Å². The summed E-state index contributed by atoms with van der Waals surface area (Å²) < 4.78 is 10.8. The summed E-state index contributed by atoms with van der Waals surface area (Å²) in [6, 6.07) is 8.29. The maximum absolute atomic E-state index is 12.6. The number of hydrogen-bond donors (Lipinski definition) is 1. The first kappa shape index (κ1) is 18.3. The van der Waals surface area contributed by atoms with Crippen LogP contribution in [0.25, 0.3) is 0 Å². The van der Waals surface area contributed by atoms with Crippen molar-refractivity contribution in [2.24, 2.45) is 10.9 Å². The molecule has 5 rings (SSSR count). The Morgan fingerprint density at radius 3 is 2.69 bits per heavy atom. The third kappa shape index (κ3) is 3.29. The first-order valence-corrected chi connectivity index (χ1v) is 10.3. The summed E-state index contributed by atoms with van der Waals surface area (Å²) in [6.07, 6.45) is 3.72. The maximum atomic E-state index is 12.6. The highest BCUT2D eigenvalue weighted by atomic mass is 16.7. The van der Waals surface area contributed by atoms with Crippen LogP contribution in [-0.4, -0.2) is 60.2 Å². The van der Waals surface area contributed by atoms with Gasteiger partial charge in [-0.3, -0.25) is 15.0 Å². The largest absolute Gasteiger partial charge is 0.454 e. The monoisotopic (exact) mass is 395 g/mol. The minimum absolute atomic E-state index is 0.192. The molecule has 29 heavy (non-hydrogen) atoms. The lowest BCUT2D eigenvalue weighted by atomic mass is 9.82. The third-order valence-corrected chi connectivity index (χ3v) is 6.48. The number of guanidine groups is 1. The quantitative estimate of drug-likeness (QED) is 0.816. The number of piperazine rings is 1. The average molecular weight is 395 g/mol. The zero-order valence-corrected chi connectivity index (χ0v) is 16.4. The van der Waals surface area contributed by atoms with Crippen molar-refractivity contribution in [2.75, 3.05) is 33.0 Å². The zero-order chi connectivity index (χ0) is 19.8. The average Bonchev–Trinajstić information content (AvgIpc) is 3.38. The first-order chi connectivity index (χ1) is 14.2. The molecule has 1 aromatic rings. The Hall–Kier alpha value is -2.79. The molecule has 4 aliphatic rings. The number of aliphatic imine (C=N–C) groups is 1. The number of benzene rings is 1. The molecule has 8 nitrogen and oxygen atoms in total. The van der Waals surface area contributed by atoms with Gasteiger partial charge in [0, 0.05) is 32.7 Å². The Balaban J connectivity index is 1.24. The molecule has 3 heterocycles. The molecule has 1 aromatic carbocycles. The van der Waals surface area contributed by atoms with Crippen LogP contribution in [0.15, 0.2) is 23.2 Å². The number of carbonyl (C=O) groups excluding carboxylic acids is 1. The lowest BCUT2D eigenvalue weighted by Crippen LogP contribution is -2.59. The SMILES string of the molecule is N#C[C@@H]1C(=O)NC(N2CCN(Cc3ccc4c(c3)OCO4)CC2)=NC12CCCC2. The molecule has 152 valence electrons. The predicted octanol–water partition coefficient (Wildman–Crippen LogP) is 1.47. The molecule has 1 saturated heterocycles. The van der Waals surface area contributed by atoms with Gasteiger partial charge < -0.3 is 14.4 Å². The fraction of sp³-hybridized carbons (Fsp3) is 0.571. The highest BCUT2D eigenvalue weighted by molar-refractivity contribution is 6.02. The van der Waals surface area contributed by atoms with E-state index in [1.54, 1.807) is 0 Å². The molecule has 1 spiro atoms. The van der Waals surface area contributed by atoms with E-state index in [0.29, 0.717) is 12.8 Å². The second kappa shape index (κ2) is 7.23. The van der Waals surface area contributed by atoms with E-state index in [2.05, 4.69) is 27.3 Å². The molecule has 0 bridgehead atoms. The molecule has 0 aromatic heterocycles. The Labute approximate surface area is 170 Å². The summed E-state index contributed by atoms with van der Waals surface area (Å²) in [6.45, 7) is 4.52. The number of amides is 1. The first-order valence-electron chi connectivity index (χ1n) is 10.3. The van der Waals surface area contributed by atoms with Crippen LogP contribution >= 0.6 is 0 Å². The van der Waals surface area contributed by atoms with E-state index in [-0.39, 0.29) is 5.91 Å². The van der Waals surface area contributed by atoms with Crippen LogP contribution in [0, 0.1) is 17.2 Å². The summed E-state index contributed by atoms with van der Waals surface area (Å²) in [5.74, 6) is 1.42. The molecule has 1 amide bonds. The number of nitrogens with zero attached hydrogens (tertiary/aromatic N) is 4. The van der Waals surface area contributed by atoms with Gasteiger partial charge in [-0.1, -0.05) is 18.9 Å². The predicted molar refractivity (Wildman–Crippen MR) is 105 cm³/mol. The summed E-state index contributed by atoms with van der Waals surface area (Å²) in [5, 5.41) is 12.4. The number of nitrogens with one attached hydrogen (secondary N) is 1. The van der Waals surface area contributed by atoms with Crippen molar-refractivity contribution in [1.29, 1.82) is 5.26 Å². The number of ether oxygens (including phenoxy) is 2. The van der Waals surface area contributed by atoms with E-state index in [9.17, 15) is 10.1 Å². The highest BCUT2D eigenvalue weighted by Crippen LogP contribution is 2.41. The lowest BCUT2D eigenvalue weighted by Gasteiger charge is -2.41. The van der Waals surface area contributed by atoms with Gasteiger partial charge in [-0.2, -0.15) is 5.26 Å². The number of carbonyl (C=O) groups is 1. The van der Waals surface area contributed by atoms with Crippen molar-refractivity contribution in [3.05, 3.63) is 23.8 Å². The van der Waals surface area contributed by atoms with E-state index in [1.165, 1.54) is 5.56 Å². The third-order valence-electron chi connectivity index (χ3n) is 6.48. The number of fused-ring (bicyclic) bond motifs is 1. The van der Waals surface area contributed by atoms with Crippen LogP contribution in [0.5, 0.6) is 11.5 Å². The van der Waals surface area contributed by atoms with Crippen molar-refractivity contribution in [3.8, 4) is 17.6 Å². The van der Waals surface area contributed by atoms with E-state index in [4.69, 9.17) is 14.5 Å². The number of hydrogen-bond acceptors (Lipinski definition) is 7. The minimum atomic E-state index is -0.666. The lowest BCUT2D eigenvalue weighted by molar-refractivity contribution is -0.124. The maximum Gasteiger partial charge on any atom is 0.246 e. The molecule has 1 atom stereocenters. The van der Waals surface area contributed by atoms with Crippen molar-refractivity contribution in [3.63, 3.8) is 0 Å². The van der Waals surface area contributed by atoms with Gasteiger partial charge in [0.25, 0.3) is 0 Å². The van der Waals surface area contributed by atoms with Gasteiger partial charge in [0.1, 0.15) is 0 Å². The minimum Gasteiger partial charge on any atom is -0.454 e. The van der Waals surface area contributed by atoms with E-state index in [1.807, 2.05) is 12.1 Å². The molecule has 1 aliphatic carbocycles. The zero-order valence-electron chi connectivity index (χ0n) is 16.4. The molecular weight excluding hydrogens is 370 g/mol. The molecule has 0 radical (unpaired) electrons. The van der Waals surface area contributed by atoms with E-state index in [0.717, 1.165) is 69.9 Å². The van der Waals surface area contributed by atoms with Crippen LogP contribution < -0.4 is 14.8 Å². The van der Waals surface area contributed by atoms with Crippen molar-refractivity contribution < 1.29 is 14.3 Å². The summed E-state index contributed by atoms with van der Waals surface area (Å²) in [5.41, 5.74) is 0.684. The topological polar surface area (TPSA) is 90.2 Å². The standard InChI is InChI=1S/C21H25N5O3/c22-12-16-19(27)23-20(24-21(16)5-1-2-6-21)26-9-7-25(8-10-26)13-15-3-4-17-18(11-15)29-14-28-17/h3-4,11,16H,1-2,5-10,13-14H2,(H,23,24,27)/t16-/m1/s1. The summed E-state index contributed by atoms with van der Waals surface area (Å²) >= 11 is 0. The number of nitriles is 1. The van der Waals surface area contributed by atoms with Gasteiger partial charge in [0.05, 0.1) is 11.6 Å². The van der Waals surface area contributed by atoms with Crippen LogP contribution in [0.4, 0.5) is 0 Å².